The van der Waals surface area contributed by atoms with E-state index in [1.54, 1.807) is 12.1 Å². The zero-order valence-corrected chi connectivity index (χ0v) is 16.3. The summed E-state index contributed by atoms with van der Waals surface area (Å²) in [5.74, 6) is 0.407. The Morgan fingerprint density at radius 1 is 1.28 bits per heavy atom. The molecule has 1 amide bonds. The zero-order chi connectivity index (χ0) is 18.6. The number of hydrogen-bond acceptors (Lipinski definition) is 4. The van der Waals surface area contributed by atoms with Gasteiger partial charge < -0.3 is 19.8 Å². The van der Waals surface area contributed by atoms with Crippen LogP contribution in [-0.4, -0.2) is 66.6 Å². The molecule has 0 radical (unpaired) electrons. The van der Waals surface area contributed by atoms with E-state index in [0.29, 0.717) is 11.5 Å². The summed E-state index contributed by atoms with van der Waals surface area (Å²) in [6.07, 6.45) is 0.982. The molecule has 140 valence electrons. The van der Waals surface area contributed by atoms with Crippen molar-refractivity contribution < 1.29 is 9.90 Å². The Morgan fingerprint density at radius 2 is 1.96 bits per heavy atom. The maximum absolute atomic E-state index is 12.9. The van der Waals surface area contributed by atoms with Crippen LogP contribution in [-0.2, 0) is 0 Å². The van der Waals surface area contributed by atoms with Crippen molar-refractivity contribution >= 4 is 11.6 Å². The number of phenolic OH excluding ortho intramolecular Hbond substituents is 1. The van der Waals surface area contributed by atoms with Gasteiger partial charge >= 0.3 is 0 Å². The molecule has 1 heterocycles. The third kappa shape index (κ3) is 4.27. The molecule has 0 spiro atoms. The van der Waals surface area contributed by atoms with E-state index in [1.807, 2.05) is 18.0 Å². The number of benzene rings is 1. The third-order valence-corrected chi connectivity index (χ3v) is 5.55. The Bertz CT molecular complexity index is 586. The van der Waals surface area contributed by atoms with E-state index in [9.17, 15) is 9.90 Å². The average Bonchev–Trinajstić information content (AvgIpc) is 2.61. The van der Waals surface area contributed by atoms with Gasteiger partial charge in [0.15, 0.2) is 0 Å². The topological polar surface area (TPSA) is 47.0 Å². The number of amides is 1. The van der Waals surface area contributed by atoms with E-state index in [0.717, 1.165) is 44.8 Å². The summed E-state index contributed by atoms with van der Waals surface area (Å²) in [6, 6.07) is 5.61. The Morgan fingerprint density at radius 3 is 2.48 bits per heavy atom. The minimum atomic E-state index is -0.0922. The van der Waals surface area contributed by atoms with Gasteiger partial charge in [0.25, 0.3) is 5.91 Å². The fraction of sp³-hybridized carbons (Fsp3) is 0.650. The van der Waals surface area contributed by atoms with Gasteiger partial charge in [-0.2, -0.15) is 0 Å². The normalized spacial score (nSPS) is 21.2. The molecule has 1 aromatic rings. The number of rotatable bonds is 6. The number of hydrogen-bond donors (Lipinski definition) is 1. The van der Waals surface area contributed by atoms with Gasteiger partial charge in [0.05, 0.1) is 5.56 Å². The highest BCUT2D eigenvalue weighted by Crippen LogP contribution is 2.28. The number of anilines is 1. The Kier molecular flexibility index (Phi) is 6.71. The summed E-state index contributed by atoms with van der Waals surface area (Å²) in [6.45, 7) is 13.4. The highest BCUT2D eigenvalue weighted by atomic mass is 16.3. The number of carbonyl (C=O) groups excluding carboxylic acids is 1. The molecule has 5 heteroatoms. The van der Waals surface area contributed by atoms with Crippen LogP contribution >= 0.6 is 0 Å². The fourth-order valence-corrected chi connectivity index (χ4v) is 3.91. The van der Waals surface area contributed by atoms with Crippen molar-refractivity contribution in [1.82, 2.24) is 9.80 Å². The van der Waals surface area contributed by atoms with Crippen LogP contribution < -0.4 is 4.90 Å². The van der Waals surface area contributed by atoms with Crippen molar-refractivity contribution in [3.63, 3.8) is 0 Å². The lowest BCUT2D eigenvalue weighted by molar-refractivity contribution is 0.0518. The molecule has 0 unspecified atom stereocenters. The maximum Gasteiger partial charge on any atom is 0.257 e. The average molecular weight is 348 g/mol. The SMILES string of the molecule is CCN1CC[C@H](N(C)C(=O)c2ccc(N(CC)CC)cc2O)[C@H](C)C1. The highest BCUT2D eigenvalue weighted by Gasteiger charge is 2.31. The van der Waals surface area contributed by atoms with Crippen molar-refractivity contribution in [2.24, 2.45) is 5.92 Å². The standard InChI is InChI=1S/C20H33N3O2/c1-6-22-12-11-18(15(4)14-22)21(5)20(25)17-10-9-16(13-19(17)24)23(7-2)8-3/h9-10,13,15,18,24H,6-8,11-12,14H2,1-5H3/t15-,18+/m1/s1. The summed E-state index contributed by atoms with van der Waals surface area (Å²) in [5, 5.41) is 10.4. The lowest BCUT2D eigenvalue weighted by Crippen LogP contribution is -2.50. The van der Waals surface area contributed by atoms with Crippen molar-refractivity contribution in [2.75, 3.05) is 44.7 Å². The largest absolute Gasteiger partial charge is 0.507 e. The molecule has 1 aliphatic rings. The van der Waals surface area contributed by atoms with Crippen LogP contribution in [0.25, 0.3) is 0 Å². The first kappa shape index (κ1) is 19.6. The molecule has 1 aromatic carbocycles. The summed E-state index contributed by atoms with van der Waals surface area (Å²) >= 11 is 0. The predicted molar refractivity (Wildman–Crippen MR) is 103 cm³/mol. The summed E-state index contributed by atoms with van der Waals surface area (Å²) < 4.78 is 0. The van der Waals surface area contributed by atoms with Crippen molar-refractivity contribution in [3.8, 4) is 5.75 Å². The molecule has 0 aromatic heterocycles. The second kappa shape index (κ2) is 8.56. The van der Waals surface area contributed by atoms with Crippen LogP contribution in [0.2, 0.25) is 0 Å². The summed E-state index contributed by atoms with van der Waals surface area (Å²) in [5.41, 5.74) is 1.34. The van der Waals surface area contributed by atoms with Gasteiger partial charge in [0, 0.05) is 51.0 Å². The molecule has 25 heavy (non-hydrogen) atoms. The van der Waals surface area contributed by atoms with Gasteiger partial charge in [0.1, 0.15) is 5.75 Å². The first-order chi connectivity index (χ1) is 11.9. The van der Waals surface area contributed by atoms with E-state index in [1.165, 1.54) is 0 Å². The lowest BCUT2D eigenvalue weighted by Gasteiger charge is -2.41. The van der Waals surface area contributed by atoms with Gasteiger partial charge in [-0.05, 0) is 44.9 Å². The number of piperidine rings is 1. The molecule has 5 nitrogen and oxygen atoms in total. The van der Waals surface area contributed by atoms with E-state index in [4.69, 9.17) is 0 Å². The molecule has 0 bridgehead atoms. The molecule has 1 fully saturated rings. The third-order valence-electron chi connectivity index (χ3n) is 5.55. The zero-order valence-electron chi connectivity index (χ0n) is 16.3. The molecule has 2 atom stereocenters. The number of phenols is 1. The maximum atomic E-state index is 12.9. The van der Waals surface area contributed by atoms with Gasteiger partial charge in [-0.1, -0.05) is 13.8 Å². The number of nitrogens with zero attached hydrogens (tertiary/aromatic N) is 3. The second-order valence-electron chi connectivity index (χ2n) is 7.02. The van der Waals surface area contributed by atoms with Crippen LogP contribution in [0.4, 0.5) is 5.69 Å². The highest BCUT2D eigenvalue weighted by molar-refractivity contribution is 5.97. The van der Waals surface area contributed by atoms with Crippen LogP contribution in [0.3, 0.4) is 0 Å². The number of aromatic hydroxyl groups is 1. The van der Waals surface area contributed by atoms with Crippen LogP contribution in [0, 0.1) is 5.92 Å². The Hall–Kier alpha value is -1.75. The minimum Gasteiger partial charge on any atom is -0.507 e. The first-order valence-electron chi connectivity index (χ1n) is 9.50. The molecular weight excluding hydrogens is 314 g/mol. The molecule has 0 aliphatic carbocycles. The van der Waals surface area contributed by atoms with E-state index < -0.39 is 0 Å². The molecule has 1 N–H and O–H groups in total. The Labute approximate surface area is 152 Å². The fourth-order valence-electron chi connectivity index (χ4n) is 3.91. The van der Waals surface area contributed by atoms with E-state index >= 15 is 0 Å². The summed E-state index contributed by atoms with van der Waals surface area (Å²) in [7, 11) is 1.86. The van der Waals surface area contributed by atoms with Gasteiger partial charge in [-0.15, -0.1) is 0 Å². The van der Waals surface area contributed by atoms with Crippen LogP contribution in [0.5, 0.6) is 5.75 Å². The van der Waals surface area contributed by atoms with Crippen LogP contribution in [0.15, 0.2) is 18.2 Å². The Balaban J connectivity index is 2.14. The molecular formula is C20H33N3O2. The quantitative estimate of drug-likeness (QED) is 0.859. The molecule has 1 aliphatic heterocycles. The number of likely N-dealkylation sites (tertiary alicyclic amines) is 1. The molecule has 1 saturated heterocycles. The smallest absolute Gasteiger partial charge is 0.257 e. The number of carbonyl (C=O) groups is 1. The lowest BCUT2D eigenvalue weighted by atomic mass is 9.92. The predicted octanol–water partition coefficient (Wildman–Crippen LogP) is 3.04. The monoisotopic (exact) mass is 347 g/mol. The van der Waals surface area contributed by atoms with Crippen molar-refractivity contribution in [1.29, 1.82) is 0 Å². The van der Waals surface area contributed by atoms with Crippen molar-refractivity contribution in [2.45, 2.75) is 40.2 Å². The van der Waals surface area contributed by atoms with Gasteiger partial charge in [0.2, 0.25) is 0 Å². The summed E-state index contributed by atoms with van der Waals surface area (Å²) in [4.78, 5) is 19.3. The minimum absolute atomic E-state index is 0.0693. The first-order valence-corrected chi connectivity index (χ1v) is 9.50. The van der Waals surface area contributed by atoms with Gasteiger partial charge in [-0.3, -0.25) is 4.79 Å². The van der Waals surface area contributed by atoms with Gasteiger partial charge in [-0.25, -0.2) is 0 Å². The van der Waals surface area contributed by atoms with E-state index in [-0.39, 0.29) is 17.7 Å². The van der Waals surface area contributed by atoms with E-state index in [2.05, 4.69) is 37.5 Å². The van der Waals surface area contributed by atoms with Crippen LogP contribution in [0.1, 0.15) is 44.5 Å². The molecule has 0 saturated carbocycles. The molecule has 2 rings (SSSR count). The van der Waals surface area contributed by atoms with Crippen molar-refractivity contribution in [3.05, 3.63) is 23.8 Å². The second-order valence-corrected chi connectivity index (χ2v) is 7.02.